The third-order valence-corrected chi connectivity index (χ3v) is 4.99. The smallest absolute Gasteiger partial charge is 0.256 e. The van der Waals surface area contributed by atoms with Gasteiger partial charge in [0.2, 0.25) is 0 Å². The maximum absolute atomic E-state index is 12.8. The molecule has 0 spiro atoms. The first-order chi connectivity index (χ1) is 13.6. The molecule has 0 heterocycles. The zero-order valence-corrected chi connectivity index (χ0v) is 16.5. The number of hydrogen-bond donors (Lipinski definition) is 1. The van der Waals surface area contributed by atoms with E-state index in [9.17, 15) is 10.1 Å². The van der Waals surface area contributed by atoms with Crippen LogP contribution in [0.3, 0.4) is 0 Å². The lowest BCUT2D eigenvalue weighted by Crippen LogP contribution is -2.13. The van der Waals surface area contributed by atoms with Gasteiger partial charge in [0.05, 0.1) is 17.2 Å². The minimum Gasteiger partial charge on any atom is -0.491 e. The molecule has 0 aromatic heterocycles. The molecule has 28 heavy (non-hydrogen) atoms. The van der Waals surface area contributed by atoms with Crippen LogP contribution in [0.15, 0.2) is 82.6 Å². The van der Waals surface area contributed by atoms with Crippen LogP contribution in [-0.2, 0) is 0 Å². The highest BCUT2D eigenvalue weighted by molar-refractivity contribution is 7.99. The van der Waals surface area contributed by atoms with Crippen molar-refractivity contribution >= 4 is 23.4 Å². The minimum absolute atomic E-state index is 0.0978. The first-order valence-electron chi connectivity index (χ1n) is 8.91. The molecule has 140 valence electrons. The van der Waals surface area contributed by atoms with Gasteiger partial charge in [-0.25, -0.2) is 0 Å². The molecule has 0 bridgehead atoms. The third-order valence-electron chi connectivity index (χ3n) is 3.84. The number of rotatable bonds is 6. The van der Waals surface area contributed by atoms with E-state index in [1.54, 1.807) is 12.1 Å². The maximum atomic E-state index is 12.8. The number of anilines is 1. The molecule has 0 atom stereocenters. The van der Waals surface area contributed by atoms with Crippen molar-refractivity contribution < 1.29 is 9.53 Å². The van der Waals surface area contributed by atoms with Crippen LogP contribution in [0.25, 0.3) is 0 Å². The van der Waals surface area contributed by atoms with Crippen molar-refractivity contribution in [2.45, 2.75) is 29.7 Å². The molecule has 1 N–H and O–H groups in total. The van der Waals surface area contributed by atoms with E-state index < -0.39 is 0 Å². The Hall–Kier alpha value is -3.23. The van der Waals surface area contributed by atoms with Gasteiger partial charge < -0.3 is 10.1 Å². The normalized spacial score (nSPS) is 10.4. The Morgan fingerprint density at radius 2 is 1.61 bits per heavy atom. The van der Waals surface area contributed by atoms with Crippen LogP contribution in [0.4, 0.5) is 5.69 Å². The number of carbonyl (C=O) groups is 1. The molecule has 0 fully saturated rings. The average molecular weight is 388 g/mol. The number of nitrogens with zero attached hydrogens (tertiary/aromatic N) is 1. The SMILES string of the molecule is CC(C)Oc1ccc(NC(=O)c2ccccc2Sc2ccccc2C#N)cc1. The van der Waals surface area contributed by atoms with Gasteiger partial charge in [0, 0.05) is 15.5 Å². The van der Waals surface area contributed by atoms with Gasteiger partial charge >= 0.3 is 0 Å². The Labute approximate surface area is 169 Å². The number of ether oxygens (including phenoxy) is 1. The third kappa shape index (κ3) is 4.93. The molecule has 0 radical (unpaired) electrons. The summed E-state index contributed by atoms with van der Waals surface area (Å²) in [6, 6.07) is 24.2. The van der Waals surface area contributed by atoms with Gasteiger partial charge in [-0.1, -0.05) is 36.0 Å². The summed E-state index contributed by atoms with van der Waals surface area (Å²) in [5.41, 5.74) is 1.84. The molecule has 0 saturated carbocycles. The van der Waals surface area contributed by atoms with Gasteiger partial charge in [-0.05, 0) is 62.4 Å². The highest BCUT2D eigenvalue weighted by Gasteiger charge is 2.14. The zero-order valence-electron chi connectivity index (χ0n) is 15.7. The summed E-state index contributed by atoms with van der Waals surface area (Å²) >= 11 is 1.41. The van der Waals surface area contributed by atoms with Gasteiger partial charge in [-0.15, -0.1) is 0 Å². The topological polar surface area (TPSA) is 62.1 Å². The molecule has 0 saturated heterocycles. The summed E-state index contributed by atoms with van der Waals surface area (Å²) in [6.45, 7) is 3.93. The predicted octanol–water partition coefficient (Wildman–Crippen LogP) is 5.75. The number of carbonyl (C=O) groups excluding carboxylic acids is 1. The lowest BCUT2D eigenvalue weighted by molar-refractivity contribution is 0.102. The fourth-order valence-electron chi connectivity index (χ4n) is 2.60. The largest absolute Gasteiger partial charge is 0.491 e. The van der Waals surface area contributed by atoms with Gasteiger partial charge in [0.15, 0.2) is 0 Å². The number of nitrogens with one attached hydrogen (secondary N) is 1. The van der Waals surface area contributed by atoms with Crippen LogP contribution < -0.4 is 10.1 Å². The van der Waals surface area contributed by atoms with Crippen molar-refractivity contribution in [3.05, 3.63) is 83.9 Å². The summed E-state index contributed by atoms with van der Waals surface area (Å²) in [7, 11) is 0. The van der Waals surface area contributed by atoms with E-state index in [4.69, 9.17) is 4.74 Å². The van der Waals surface area contributed by atoms with Crippen molar-refractivity contribution in [1.82, 2.24) is 0 Å². The number of amides is 1. The van der Waals surface area contributed by atoms with E-state index in [-0.39, 0.29) is 12.0 Å². The molecule has 5 heteroatoms. The molecule has 1 amide bonds. The van der Waals surface area contributed by atoms with Crippen LogP contribution in [0.1, 0.15) is 29.8 Å². The molecule has 3 aromatic rings. The van der Waals surface area contributed by atoms with Gasteiger partial charge in [0.1, 0.15) is 11.8 Å². The van der Waals surface area contributed by atoms with E-state index in [1.807, 2.05) is 74.5 Å². The first-order valence-corrected chi connectivity index (χ1v) is 9.72. The van der Waals surface area contributed by atoms with Crippen molar-refractivity contribution in [2.24, 2.45) is 0 Å². The van der Waals surface area contributed by atoms with Crippen molar-refractivity contribution in [3.63, 3.8) is 0 Å². The van der Waals surface area contributed by atoms with E-state index in [1.165, 1.54) is 11.8 Å². The Balaban J connectivity index is 1.78. The fourth-order valence-corrected chi connectivity index (χ4v) is 3.62. The highest BCUT2D eigenvalue weighted by Crippen LogP contribution is 2.33. The fraction of sp³-hybridized carbons (Fsp3) is 0.130. The van der Waals surface area contributed by atoms with Crippen molar-refractivity contribution in [2.75, 3.05) is 5.32 Å². The highest BCUT2D eigenvalue weighted by atomic mass is 32.2. The second-order valence-electron chi connectivity index (χ2n) is 6.35. The molecule has 0 aliphatic heterocycles. The quantitative estimate of drug-likeness (QED) is 0.584. The van der Waals surface area contributed by atoms with Crippen LogP contribution >= 0.6 is 11.8 Å². The van der Waals surface area contributed by atoms with Crippen LogP contribution in [0.2, 0.25) is 0 Å². The minimum atomic E-state index is -0.199. The second kappa shape index (κ2) is 9.12. The summed E-state index contributed by atoms with van der Waals surface area (Å²) in [4.78, 5) is 14.4. The number of benzene rings is 3. The van der Waals surface area contributed by atoms with Crippen molar-refractivity contribution in [3.8, 4) is 11.8 Å². The lowest BCUT2D eigenvalue weighted by atomic mass is 10.2. The monoisotopic (exact) mass is 388 g/mol. The number of hydrogen-bond acceptors (Lipinski definition) is 4. The average Bonchev–Trinajstić information content (AvgIpc) is 2.70. The second-order valence-corrected chi connectivity index (χ2v) is 7.44. The van der Waals surface area contributed by atoms with Gasteiger partial charge in [0.25, 0.3) is 5.91 Å². The molecule has 0 aliphatic carbocycles. The van der Waals surface area contributed by atoms with Crippen LogP contribution in [0, 0.1) is 11.3 Å². The predicted molar refractivity (Wildman–Crippen MR) is 112 cm³/mol. The molecule has 3 aromatic carbocycles. The maximum Gasteiger partial charge on any atom is 0.256 e. The summed E-state index contributed by atoms with van der Waals surface area (Å²) in [5.74, 6) is 0.562. The van der Waals surface area contributed by atoms with E-state index in [2.05, 4.69) is 11.4 Å². The number of nitriles is 1. The zero-order chi connectivity index (χ0) is 19.9. The summed E-state index contributed by atoms with van der Waals surface area (Å²) in [5, 5.41) is 12.2. The van der Waals surface area contributed by atoms with Crippen molar-refractivity contribution in [1.29, 1.82) is 5.26 Å². The molecular formula is C23H20N2O2S. The molecule has 4 nitrogen and oxygen atoms in total. The molecular weight excluding hydrogens is 368 g/mol. The van der Waals surface area contributed by atoms with Gasteiger partial charge in [-0.2, -0.15) is 5.26 Å². The summed E-state index contributed by atoms with van der Waals surface area (Å²) < 4.78 is 5.62. The van der Waals surface area contributed by atoms with E-state index in [0.717, 1.165) is 15.5 Å². The Morgan fingerprint density at radius 1 is 0.964 bits per heavy atom. The molecule has 3 rings (SSSR count). The van der Waals surface area contributed by atoms with Crippen LogP contribution in [-0.4, -0.2) is 12.0 Å². The van der Waals surface area contributed by atoms with Gasteiger partial charge in [-0.3, -0.25) is 4.79 Å². The summed E-state index contributed by atoms with van der Waals surface area (Å²) in [6.07, 6.45) is 0.0978. The standard InChI is InChI=1S/C23H20N2O2S/c1-16(2)27-19-13-11-18(12-14-19)25-23(26)20-8-4-6-10-22(20)28-21-9-5-3-7-17(21)15-24/h3-14,16H,1-2H3,(H,25,26). The molecule has 0 aliphatic rings. The van der Waals surface area contributed by atoms with Crippen LogP contribution in [0.5, 0.6) is 5.75 Å². The Bertz CT molecular complexity index is 1010. The lowest BCUT2D eigenvalue weighted by Gasteiger charge is -2.12. The van der Waals surface area contributed by atoms with E-state index >= 15 is 0 Å². The Kier molecular flexibility index (Phi) is 6.36. The Morgan fingerprint density at radius 3 is 2.29 bits per heavy atom. The first kappa shape index (κ1) is 19.5. The van der Waals surface area contributed by atoms with E-state index in [0.29, 0.717) is 16.8 Å². The molecule has 0 unspecified atom stereocenters.